The highest BCUT2D eigenvalue weighted by atomic mass is 32.2. The van der Waals surface area contributed by atoms with Crippen molar-refractivity contribution in [1.29, 1.82) is 0 Å². The number of nitrogens with zero attached hydrogens (tertiary/aromatic N) is 2. The molecule has 29 heavy (non-hydrogen) atoms. The number of carbonyl (C=O) groups is 2. The highest BCUT2D eigenvalue weighted by molar-refractivity contribution is 7.89. The molecule has 0 radical (unpaired) electrons. The molecule has 1 fully saturated rings. The quantitative estimate of drug-likeness (QED) is 0.588. The standard InChI is InChI=1S/C19H19N3O6S/c1-12-3-7-15(8-4-12)29(27,28)21-17(9-10-18(21)23)19(24)20-16-11-14(22(25)26)6-5-13(16)2/h3-8,11,17H,9-10H2,1-2H3,(H,20,24). The van der Waals surface area contributed by atoms with Gasteiger partial charge in [0.15, 0.2) is 0 Å². The molecule has 10 heteroatoms. The first-order chi connectivity index (χ1) is 13.6. The van der Waals surface area contributed by atoms with Gasteiger partial charge < -0.3 is 5.32 Å². The fraction of sp³-hybridized carbons (Fsp3) is 0.263. The molecule has 152 valence electrons. The summed E-state index contributed by atoms with van der Waals surface area (Å²) in [6.45, 7) is 3.45. The lowest BCUT2D eigenvalue weighted by molar-refractivity contribution is -0.384. The summed E-state index contributed by atoms with van der Waals surface area (Å²) in [5.41, 5.74) is 1.40. The number of rotatable bonds is 5. The number of aryl methyl sites for hydroxylation is 2. The summed E-state index contributed by atoms with van der Waals surface area (Å²) < 4.78 is 26.6. The molecule has 1 saturated heterocycles. The Morgan fingerprint density at radius 1 is 1.17 bits per heavy atom. The molecule has 0 aliphatic carbocycles. The van der Waals surface area contributed by atoms with E-state index in [9.17, 15) is 28.1 Å². The summed E-state index contributed by atoms with van der Waals surface area (Å²) in [6.07, 6.45) is -0.0547. The van der Waals surface area contributed by atoms with Crippen LogP contribution in [0.4, 0.5) is 11.4 Å². The van der Waals surface area contributed by atoms with E-state index in [0.29, 0.717) is 9.87 Å². The predicted molar refractivity (Wildman–Crippen MR) is 105 cm³/mol. The van der Waals surface area contributed by atoms with Crippen molar-refractivity contribution >= 4 is 33.2 Å². The molecule has 0 spiro atoms. The molecule has 0 aromatic heterocycles. The number of non-ortho nitro benzene ring substituents is 1. The Morgan fingerprint density at radius 3 is 2.45 bits per heavy atom. The highest BCUT2D eigenvalue weighted by Crippen LogP contribution is 2.29. The van der Waals surface area contributed by atoms with E-state index in [1.807, 2.05) is 0 Å². The van der Waals surface area contributed by atoms with E-state index in [1.54, 1.807) is 26.0 Å². The number of benzene rings is 2. The van der Waals surface area contributed by atoms with Crippen molar-refractivity contribution in [3.8, 4) is 0 Å². The van der Waals surface area contributed by atoms with Crippen LogP contribution in [0.1, 0.15) is 24.0 Å². The lowest BCUT2D eigenvalue weighted by Crippen LogP contribution is -2.45. The summed E-state index contributed by atoms with van der Waals surface area (Å²) in [5, 5.41) is 13.5. The van der Waals surface area contributed by atoms with Crippen molar-refractivity contribution in [2.24, 2.45) is 0 Å². The van der Waals surface area contributed by atoms with E-state index < -0.39 is 32.8 Å². The van der Waals surface area contributed by atoms with Crippen LogP contribution in [0.3, 0.4) is 0 Å². The number of amides is 2. The van der Waals surface area contributed by atoms with Crippen LogP contribution >= 0.6 is 0 Å². The Bertz CT molecular complexity index is 1100. The number of sulfonamides is 1. The molecule has 2 aromatic rings. The first kappa shape index (κ1) is 20.5. The van der Waals surface area contributed by atoms with Crippen LogP contribution < -0.4 is 5.32 Å². The lowest BCUT2D eigenvalue weighted by Gasteiger charge is -2.24. The van der Waals surface area contributed by atoms with E-state index >= 15 is 0 Å². The maximum absolute atomic E-state index is 13.0. The van der Waals surface area contributed by atoms with Crippen molar-refractivity contribution in [2.45, 2.75) is 37.6 Å². The minimum atomic E-state index is -4.21. The molecule has 1 N–H and O–H groups in total. The minimum absolute atomic E-state index is 0.0315. The van der Waals surface area contributed by atoms with Crippen molar-refractivity contribution in [2.75, 3.05) is 5.32 Å². The second kappa shape index (κ2) is 7.63. The van der Waals surface area contributed by atoms with Gasteiger partial charge in [-0.15, -0.1) is 0 Å². The summed E-state index contributed by atoms with van der Waals surface area (Å²) in [5.74, 6) is -1.38. The van der Waals surface area contributed by atoms with Crippen molar-refractivity contribution in [3.63, 3.8) is 0 Å². The molecule has 0 saturated carbocycles. The average Bonchev–Trinajstić information content (AvgIpc) is 3.06. The SMILES string of the molecule is Cc1ccc(S(=O)(=O)N2C(=O)CCC2C(=O)Nc2cc([N+](=O)[O-])ccc2C)cc1. The van der Waals surface area contributed by atoms with E-state index in [2.05, 4.69) is 5.32 Å². The van der Waals surface area contributed by atoms with Crippen LogP contribution in [0.2, 0.25) is 0 Å². The van der Waals surface area contributed by atoms with E-state index in [4.69, 9.17) is 0 Å². The number of nitro groups is 1. The van der Waals surface area contributed by atoms with Crippen LogP contribution in [0, 0.1) is 24.0 Å². The fourth-order valence-corrected chi connectivity index (χ4v) is 4.70. The number of anilines is 1. The number of nitro benzene ring substituents is 1. The van der Waals surface area contributed by atoms with Gasteiger partial charge in [0.05, 0.1) is 15.5 Å². The normalized spacial score (nSPS) is 16.7. The molecule has 9 nitrogen and oxygen atoms in total. The first-order valence-electron chi connectivity index (χ1n) is 8.81. The lowest BCUT2D eigenvalue weighted by atomic mass is 10.1. The molecular formula is C19H19N3O6S. The number of hydrogen-bond donors (Lipinski definition) is 1. The van der Waals surface area contributed by atoms with Gasteiger partial charge in [0.2, 0.25) is 11.8 Å². The average molecular weight is 417 g/mol. The molecule has 1 aliphatic heterocycles. The number of nitrogens with one attached hydrogen (secondary N) is 1. The van der Waals surface area contributed by atoms with Gasteiger partial charge in [0, 0.05) is 18.6 Å². The van der Waals surface area contributed by atoms with Gasteiger partial charge in [-0.1, -0.05) is 23.8 Å². The van der Waals surface area contributed by atoms with E-state index in [0.717, 1.165) is 5.56 Å². The smallest absolute Gasteiger partial charge is 0.271 e. The number of hydrogen-bond acceptors (Lipinski definition) is 6. The summed E-state index contributed by atoms with van der Waals surface area (Å²) in [7, 11) is -4.21. The van der Waals surface area contributed by atoms with Crippen LogP contribution in [-0.4, -0.2) is 35.5 Å². The Balaban J connectivity index is 1.91. The van der Waals surface area contributed by atoms with Gasteiger partial charge in [-0.3, -0.25) is 19.7 Å². The molecule has 0 bridgehead atoms. The van der Waals surface area contributed by atoms with Gasteiger partial charge >= 0.3 is 0 Å². The molecule has 1 unspecified atom stereocenters. The van der Waals surface area contributed by atoms with Crippen molar-refractivity contribution in [1.82, 2.24) is 4.31 Å². The van der Waals surface area contributed by atoms with Crippen LogP contribution in [0.15, 0.2) is 47.4 Å². The molecule has 1 atom stereocenters. The molecule has 2 amide bonds. The number of carbonyl (C=O) groups excluding carboxylic acids is 2. The van der Waals surface area contributed by atoms with Crippen LogP contribution in [0.5, 0.6) is 0 Å². The summed E-state index contributed by atoms with van der Waals surface area (Å²) in [4.78, 5) is 35.4. The summed E-state index contributed by atoms with van der Waals surface area (Å²) in [6, 6.07) is 8.73. The van der Waals surface area contributed by atoms with Gasteiger partial charge in [-0.2, -0.15) is 0 Å². The molecule has 1 aliphatic rings. The second-order valence-electron chi connectivity index (χ2n) is 6.81. The largest absolute Gasteiger partial charge is 0.324 e. The zero-order valence-corrected chi connectivity index (χ0v) is 16.6. The van der Waals surface area contributed by atoms with E-state index in [-0.39, 0.29) is 29.1 Å². The summed E-state index contributed by atoms with van der Waals surface area (Å²) >= 11 is 0. The van der Waals surface area contributed by atoms with Crippen LogP contribution in [0.25, 0.3) is 0 Å². The van der Waals surface area contributed by atoms with Gasteiger partial charge in [0.25, 0.3) is 15.7 Å². The van der Waals surface area contributed by atoms with E-state index in [1.165, 1.54) is 30.3 Å². The Kier molecular flexibility index (Phi) is 5.38. The predicted octanol–water partition coefficient (Wildman–Crippen LogP) is 2.53. The topological polar surface area (TPSA) is 127 Å². The molecule has 3 rings (SSSR count). The second-order valence-corrected chi connectivity index (χ2v) is 8.62. The molecule has 1 heterocycles. The minimum Gasteiger partial charge on any atom is -0.324 e. The third-order valence-corrected chi connectivity index (χ3v) is 6.57. The Labute approximate surface area is 167 Å². The van der Waals surface area contributed by atoms with Crippen LogP contribution in [-0.2, 0) is 19.6 Å². The van der Waals surface area contributed by atoms with Gasteiger partial charge in [-0.25, -0.2) is 12.7 Å². The first-order valence-corrected chi connectivity index (χ1v) is 10.2. The highest BCUT2D eigenvalue weighted by Gasteiger charge is 2.44. The monoisotopic (exact) mass is 417 g/mol. The maximum atomic E-state index is 13.0. The van der Waals surface area contributed by atoms with Gasteiger partial charge in [-0.05, 0) is 38.0 Å². The third kappa shape index (κ3) is 3.97. The Morgan fingerprint density at radius 2 is 1.83 bits per heavy atom. The zero-order valence-electron chi connectivity index (χ0n) is 15.8. The van der Waals surface area contributed by atoms with Crippen molar-refractivity contribution < 1.29 is 22.9 Å². The maximum Gasteiger partial charge on any atom is 0.271 e. The molecule has 2 aromatic carbocycles. The fourth-order valence-electron chi connectivity index (χ4n) is 3.10. The molecular weight excluding hydrogens is 398 g/mol. The van der Waals surface area contributed by atoms with Gasteiger partial charge in [0.1, 0.15) is 6.04 Å². The third-order valence-electron chi connectivity index (χ3n) is 4.73. The Hall–Kier alpha value is -3.27. The van der Waals surface area contributed by atoms with Crippen molar-refractivity contribution in [3.05, 3.63) is 63.7 Å². The zero-order chi connectivity index (χ0) is 21.3.